The minimum atomic E-state index is -0.144. The molecule has 0 saturated carbocycles. The van der Waals surface area contributed by atoms with Gasteiger partial charge in [-0.25, -0.2) is 4.98 Å². The van der Waals surface area contributed by atoms with Crippen LogP contribution in [0.1, 0.15) is 17.8 Å². The number of nitrogens with zero attached hydrogens (tertiary/aromatic N) is 2. The van der Waals surface area contributed by atoms with Crippen LogP contribution in [0.3, 0.4) is 0 Å². The number of para-hydroxylation sites is 1. The van der Waals surface area contributed by atoms with E-state index in [2.05, 4.69) is 38.3 Å². The summed E-state index contributed by atoms with van der Waals surface area (Å²) in [4.78, 5) is 19.4. The normalized spacial score (nSPS) is 16.6. The average molecular weight is 416 g/mol. The van der Waals surface area contributed by atoms with Gasteiger partial charge in [0, 0.05) is 29.2 Å². The van der Waals surface area contributed by atoms with Crippen molar-refractivity contribution >= 4 is 49.1 Å². The summed E-state index contributed by atoms with van der Waals surface area (Å²) < 4.78 is 2.23. The second-order valence-corrected chi connectivity index (χ2v) is 8.32. The number of halogens is 1. The molecule has 4 nitrogen and oxygen atoms in total. The predicted molar refractivity (Wildman–Crippen MR) is 106 cm³/mol. The number of anilines is 1. The van der Waals surface area contributed by atoms with Gasteiger partial charge in [-0.05, 0) is 43.3 Å². The zero-order chi connectivity index (χ0) is 17.4. The van der Waals surface area contributed by atoms with E-state index in [1.807, 2.05) is 43.3 Å². The largest absolute Gasteiger partial charge is 0.325 e. The van der Waals surface area contributed by atoms with Gasteiger partial charge in [0.15, 0.2) is 0 Å². The fourth-order valence-corrected chi connectivity index (χ4v) is 4.31. The summed E-state index contributed by atoms with van der Waals surface area (Å²) in [6, 6.07) is 15.7. The number of thiazole rings is 1. The number of benzene rings is 2. The molecular weight excluding hydrogens is 398 g/mol. The van der Waals surface area contributed by atoms with Crippen molar-refractivity contribution in [1.29, 1.82) is 0 Å². The van der Waals surface area contributed by atoms with Crippen LogP contribution in [0.25, 0.3) is 10.2 Å². The summed E-state index contributed by atoms with van der Waals surface area (Å²) in [5.41, 5.74) is 1.89. The van der Waals surface area contributed by atoms with Crippen LogP contribution in [0, 0.1) is 0 Å². The predicted octanol–water partition coefficient (Wildman–Crippen LogP) is 4.49. The highest BCUT2D eigenvalue weighted by Crippen LogP contribution is 2.34. The summed E-state index contributed by atoms with van der Waals surface area (Å²) in [5, 5.41) is 4.16. The lowest BCUT2D eigenvalue weighted by Gasteiger charge is -2.41. The van der Waals surface area contributed by atoms with E-state index in [0.717, 1.165) is 28.8 Å². The maximum Gasteiger partial charge on any atom is 0.241 e. The third-order valence-corrected chi connectivity index (χ3v) is 6.34. The first-order chi connectivity index (χ1) is 12.1. The molecule has 0 radical (unpaired) electrons. The lowest BCUT2D eigenvalue weighted by molar-refractivity contribution is -0.122. The Bertz CT molecular complexity index is 869. The van der Waals surface area contributed by atoms with Crippen molar-refractivity contribution < 1.29 is 4.79 Å². The Morgan fingerprint density at radius 1 is 1.24 bits per heavy atom. The van der Waals surface area contributed by atoms with Gasteiger partial charge in [0.1, 0.15) is 0 Å². The van der Waals surface area contributed by atoms with Gasteiger partial charge in [-0.3, -0.25) is 9.69 Å². The monoisotopic (exact) mass is 415 g/mol. The molecule has 1 amide bonds. The first kappa shape index (κ1) is 16.7. The fraction of sp³-hybridized carbons (Fsp3) is 0.263. The van der Waals surface area contributed by atoms with Crippen molar-refractivity contribution in [2.45, 2.75) is 18.9 Å². The van der Waals surface area contributed by atoms with Gasteiger partial charge in [-0.15, -0.1) is 11.3 Å². The molecule has 1 aliphatic rings. The molecule has 128 valence electrons. The SMILES string of the molecule is C[C@@H](C(=O)Nc1ccc(Br)cc1)N1CC(c2nc3ccccc3s2)C1. The van der Waals surface area contributed by atoms with E-state index >= 15 is 0 Å². The number of amides is 1. The van der Waals surface area contributed by atoms with Crippen LogP contribution in [0.4, 0.5) is 5.69 Å². The Morgan fingerprint density at radius 2 is 1.96 bits per heavy atom. The average Bonchev–Trinajstić information content (AvgIpc) is 2.98. The first-order valence-electron chi connectivity index (χ1n) is 8.26. The van der Waals surface area contributed by atoms with Crippen molar-refractivity contribution in [3.8, 4) is 0 Å². The van der Waals surface area contributed by atoms with Gasteiger partial charge in [-0.2, -0.15) is 0 Å². The Hall–Kier alpha value is -1.76. The molecule has 1 aliphatic heterocycles. The van der Waals surface area contributed by atoms with Crippen LogP contribution in [-0.2, 0) is 4.79 Å². The number of hydrogen-bond donors (Lipinski definition) is 1. The van der Waals surface area contributed by atoms with Crippen LogP contribution in [0.15, 0.2) is 53.0 Å². The number of carbonyl (C=O) groups excluding carboxylic acids is 1. The van der Waals surface area contributed by atoms with Gasteiger partial charge in [0.05, 0.1) is 21.3 Å². The Kier molecular flexibility index (Phi) is 4.58. The highest BCUT2D eigenvalue weighted by Gasteiger charge is 2.36. The molecule has 1 N–H and O–H groups in total. The van der Waals surface area contributed by atoms with Crippen LogP contribution in [-0.4, -0.2) is 34.9 Å². The summed E-state index contributed by atoms with van der Waals surface area (Å²) in [6.07, 6.45) is 0. The van der Waals surface area contributed by atoms with Crippen molar-refractivity contribution in [3.05, 3.63) is 58.0 Å². The lowest BCUT2D eigenvalue weighted by atomic mass is 9.98. The Morgan fingerprint density at radius 3 is 2.68 bits per heavy atom. The molecule has 0 aliphatic carbocycles. The quantitative estimate of drug-likeness (QED) is 0.682. The van der Waals surface area contributed by atoms with E-state index in [-0.39, 0.29) is 11.9 Å². The second-order valence-electron chi connectivity index (χ2n) is 6.34. The molecule has 0 bridgehead atoms. The zero-order valence-electron chi connectivity index (χ0n) is 13.8. The van der Waals surface area contributed by atoms with E-state index in [0.29, 0.717) is 5.92 Å². The van der Waals surface area contributed by atoms with Crippen LogP contribution in [0.2, 0.25) is 0 Å². The summed E-state index contributed by atoms with van der Waals surface area (Å²) in [7, 11) is 0. The molecule has 25 heavy (non-hydrogen) atoms. The fourth-order valence-electron chi connectivity index (χ4n) is 3.00. The van der Waals surface area contributed by atoms with Crippen molar-refractivity contribution in [2.75, 3.05) is 18.4 Å². The van der Waals surface area contributed by atoms with Gasteiger partial charge < -0.3 is 5.32 Å². The van der Waals surface area contributed by atoms with E-state index in [4.69, 9.17) is 4.98 Å². The molecule has 1 aromatic heterocycles. The van der Waals surface area contributed by atoms with E-state index in [1.54, 1.807) is 11.3 Å². The number of rotatable bonds is 4. The van der Waals surface area contributed by atoms with Gasteiger partial charge in [0.25, 0.3) is 0 Å². The molecule has 1 saturated heterocycles. The topological polar surface area (TPSA) is 45.2 Å². The van der Waals surface area contributed by atoms with E-state index in [9.17, 15) is 4.79 Å². The molecule has 4 rings (SSSR count). The van der Waals surface area contributed by atoms with Gasteiger partial charge >= 0.3 is 0 Å². The standard InChI is InChI=1S/C19H18BrN3OS/c1-12(18(24)21-15-8-6-14(20)7-9-15)23-10-13(11-23)19-22-16-4-2-3-5-17(16)25-19/h2-9,12-13H,10-11H2,1H3,(H,21,24)/t12-/m0/s1. The van der Waals surface area contributed by atoms with Gasteiger partial charge in [-0.1, -0.05) is 28.1 Å². The highest BCUT2D eigenvalue weighted by molar-refractivity contribution is 9.10. The first-order valence-corrected chi connectivity index (χ1v) is 9.87. The molecule has 2 aromatic carbocycles. The maximum atomic E-state index is 12.4. The van der Waals surface area contributed by atoms with Crippen molar-refractivity contribution in [1.82, 2.24) is 9.88 Å². The zero-order valence-corrected chi connectivity index (χ0v) is 16.2. The van der Waals surface area contributed by atoms with Crippen molar-refractivity contribution in [3.63, 3.8) is 0 Å². The summed E-state index contributed by atoms with van der Waals surface area (Å²) in [5.74, 6) is 0.463. The lowest BCUT2D eigenvalue weighted by Crippen LogP contribution is -2.53. The second kappa shape index (κ2) is 6.86. The maximum absolute atomic E-state index is 12.4. The molecule has 2 heterocycles. The number of aromatic nitrogens is 1. The summed E-state index contributed by atoms with van der Waals surface area (Å²) >= 11 is 5.16. The highest BCUT2D eigenvalue weighted by atomic mass is 79.9. The van der Waals surface area contributed by atoms with Crippen molar-refractivity contribution in [2.24, 2.45) is 0 Å². The minimum Gasteiger partial charge on any atom is -0.325 e. The smallest absolute Gasteiger partial charge is 0.241 e. The van der Waals surface area contributed by atoms with Gasteiger partial charge in [0.2, 0.25) is 5.91 Å². The van der Waals surface area contributed by atoms with E-state index < -0.39 is 0 Å². The van der Waals surface area contributed by atoms with Crippen LogP contribution in [0.5, 0.6) is 0 Å². The Balaban J connectivity index is 1.36. The number of fused-ring (bicyclic) bond motifs is 1. The summed E-state index contributed by atoms with van der Waals surface area (Å²) in [6.45, 7) is 3.73. The molecule has 1 fully saturated rings. The number of nitrogens with one attached hydrogen (secondary N) is 1. The number of hydrogen-bond acceptors (Lipinski definition) is 4. The molecule has 6 heteroatoms. The molecular formula is C19H18BrN3OS. The molecule has 0 spiro atoms. The van der Waals surface area contributed by atoms with Crippen LogP contribution >= 0.6 is 27.3 Å². The number of carbonyl (C=O) groups is 1. The minimum absolute atomic E-state index is 0.0325. The Labute approximate surface area is 159 Å². The van der Waals surface area contributed by atoms with E-state index in [1.165, 1.54) is 9.71 Å². The molecule has 0 unspecified atom stereocenters. The third-order valence-electron chi connectivity index (χ3n) is 4.61. The molecule has 1 atom stereocenters. The molecule has 3 aromatic rings. The number of likely N-dealkylation sites (tertiary alicyclic amines) is 1. The van der Waals surface area contributed by atoms with Crippen LogP contribution < -0.4 is 5.32 Å². The third kappa shape index (κ3) is 3.47.